The van der Waals surface area contributed by atoms with Crippen molar-refractivity contribution in [3.05, 3.63) is 35.4 Å². The molecule has 2 rings (SSSR count). The van der Waals surface area contributed by atoms with Crippen molar-refractivity contribution in [3.63, 3.8) is 0 Å². The monoisotopic (exact) mass is 304 g/mol. The zero-order valence-corrected chi connectivity index (χ0v) is 13.3. The number of nitrogens with one attached hydrogen (secondary N) is 1. The summed E-state index contributed by atoms with van der Waals surface area (Å²) < 4.78 is 5.14. The number of benzene rings is 1. The van der Waals surface area contributed by atoms with E-state index in [1.165, 1.54) is 11.1 Å². The highest BCUT2D eigenvalue weighted by Gasteiger charge is 2.27. The molecule has 1 atom stereocenters. The molecule has 1 heterocycles. The number of rotatable bonds is 7. The maximum Gasteiger partial charge on any atom is 0.409 e. The highest BCUT2D eigenvalue weighted by atomic mass is 16.6. The molecule has 0 aliphatic carbocycles. The Morgan fingerprint density at radius 2 is 2.00 bits per heavy atom. The second-order valence-corrected chi connectivity index (χ2v) is 5.69. The van der Waals surface area contributed by atoms with E-state index in [1.807, 2.05) is 0 Å². The Kier molecular flexibility index (Phi) is 5.81. The highest BCUT2D eigenvalue weighted by Crippen LogP contribution is 2.11. The maximum atomic E-state index is 11.8. The molecule has 0 saturated carbocycles. The predicted molar refractivity (Wildman–Crippen MR) is 84.7 cm³/mol. The van der Waals surface area contributed by atoms with Crippen molar-refractivity contribution in [3.8, 4) is 0 Å². The summed E-state index contributed by atoms with van der Waals surface area (Å²) in [6, 6.07) is 8.39. The molecule has 120 valence electrons. The van der Waals surface area contributed by atoms with Gasteiger partial charge in [0, 0.05) is 26.4 Å². The lowest BCUT2D eigenvalue weighted by Crippen LogP contribution is -2.28. The van der Waals surface area contributed by atoms with E-state index in [-0.39, 0.29) is 18.1 Å². The van der Waals surface area contributed by atoms with Crippen LogP contribution in [0.25, 0.3) is 0 Å². The summed E-state index contributed by atoms with van der Waals surface area (Å²) in [5.41, 5.74) is 2.49. The summed E-state index contributed by atoms with van der Waals surface area (Å²) in [4.78, 5) is 24.6. The minimum atomic E-state index is -0.285. The number of nitrogens with zero attached hydrogens (tertiary/aromatic N) is 1. The van der Waals surface area contributed by atoms with E-state index in [9.17, 15) is 9.59 Å². The zero-order valence-electron chi connectivity index (χ0n) is 13.3. The molecular weight excluding hydrogens is 280 g/mol. The Bertz CT molecular complexity index is 513. The maximum absolute atomic E-state index is 11.8. The van der Waals surface area contributed by atoms with Crippen molar-refractivity contribution in [2.45, 2.75) is 38.7 Å². The van der Waals surface area contributed by atoms with E-state index in [0.29, 0.717) is 25.9 Å². The van der Waals surface area contributed by atoms with Gasteiger partial charge in [-0.2, -0.15) is 0 Å². The van der Waals surface area contributed by atoms with Crippen LogP contribution in [0.3, 0.4) is 0 Å². The molecule has 22 heavy (non-hydrogen) atoms. The van der Waals surface area contributed by atoms with Crippen LogP contribution in [0.15, 0.2) is 24.3 Å². The molecule has 5 nitrogen and oxygen atoms in total. The third-order valence-electron chi connectivity index (χ3n) is 3.92. The number of aryl methyl sites for hydroxylation is 2. The van der Waals surface area contributed by atoms with Crippen molar-refractivity contribution in [1.29, 1.82) is 0 Å². The first kappa shape index (κ1) is 16.3. The fourth-order valence-corrected chi connectivity index (χ4v) is 2.46. The van der Waals surface area contributed by atoms with Gasteiger partial charge in [0.05, 0.1) is 6.54 Å². The van der Waals surface area contributed by atoms with Crippen LogP contribution in [0.2, 0.25) is 0 Å². The molecule has 1 aromatic rings. The molecule has 1 N–H and O–H groups in total. The number of cyclic esters (lactones) is 1. The molecule has 1 aliphatic heterocycles. The number of carbonyl (C=O) groups is 2. The molecule has 1 aliphatic rings. The standard InChI is InChI=1S/C17H24N2O3/c1-3-13-4-6-14(7-5-13)8-9-16(20)18-11-10-15-12-19(2)17(21)22-15/h4-7,15H,3,8-12H2,1-2H3,(H,18,20). The van der Waals surface area contributed by atoms with Crippen LogP contribution in [0.1, 0.15) is 30.9 Å². The van der Waals surface area contributed by atoms with E-state index in [4.69, 9.17) is 4.74 Å². The van der Waals surface area contributed by atoms with Gasteiger partial charge in [-0.25, -0.2) is 4.79 Å². The Balaban J connectivity index is 1.62. The fourth-order valence-electron chi connectivity index (χ4n) is 2.46. The molecule has 1 aromatic carbocycles. The van der Waals surface area contributed by atoms with E-state index >= 15 is 0 Å². The number of ether oxygens (including phenoxy) is 1. The topological polar surface area (TPSA) is 58.6 Å². The normalized spacial score (nSPS) is 17.5. The SMILES string of the molecule is CCc1ccc(CCC(=O)NCCC2CN(C)C(=O)O2)cc1. The molecule has 2 amide bonds. The van der Waals surface area contributed by atoms with Crippen LogP contribution >= 0.6 is 0 Å². The number of hydrogen-bond acceptors (Lipinski definition) is 3. The molecule has 1 fully saturated rings. The van der Waals surface area contributed by atoms with Crippen LogP contribution < -0.4 is 5.32 Å². The average Bonchev–Trinajstić information content (AvgIpc) is 2.84. The third kappa shape index (κ3) is 4.76. The van der Waals surface area contributed by atoms with Gasteiger partial charge in [0.15, 0.2) is 0 Å². The van der Waals surface area contributed by atoms with Crippen LogP contribution in [-0.4, -0.2) is 43.1 Å². The summed E-state index contributed by atoms with van der Waals surface area (Å²) in [7, 11) is 1.71. The fraction of sp³-hybridized carbons (Fsp3) is 0.529. The Hall–Kier alpha value is -2.04. The average molecular weight is 304 g/mol. The van der Waals surface area contributed by atoms with Crippen LogP contribution in [0.4, 0.5) is 4.79 Å². The second-order valence-electron chi connectivity index (χ2n) is 5.69. The van der Waals surface area contributed by atoms with Crippen molar-refractivity contribution in [2.24, 2.45) is 0 Å². The molecular formula is C17H24N2O3. The van der Waals surface area contributed by atoms with Gasteiger partial charge >= 0.3 is 6.09 Å². The Morgan fingerprint density at radius 1 is 1.32 bits per heavy atom. The molecule has 1 saturated heterocycles. The molecule has 0 bridgehead atoms. The van der Waals surface area contributed by atoms with E-state index in [0.717, 1.165) is 12.8 Å². The summed E-state index contributed by atoms with van der Waals surface area (Å²) in [5, 5.41) is 2.88. The smallest absolute Gasteiger partial charge is 0.409 e. The van der Waals surface area contributed by atoms with Gasteiger partial charge in [-0.3, -0.25) is 4.79 Å². The first-order chi connectivity index (χ1) is 10.6. The summed E-state index contributed by atoms with van der Waals surface area (Å²) in [6.45, 7) is 3.26. The largest absolute Gasteiger partial charge is 0.444 e. The van der Waals surface area contributed by atoms with Crippen molar-refractivity contribution in [2.75, 3.05) is 20.1 Å². The first-order valence-corrected chi connectivity index (χ1v) is 7.84. The number of likely N-dealkylation sites (N-methyl/N-ethyl adjacent to an activating group) is 1. The minimum absolute atomic E-state index is 0.0391. The molecule has 0 aromatic heterocycles. The lowest BCUT2D eigenvalue weighted by molar-refractivity contribution is -0.121. The van der Waals surface area contributed by atoms with Crippen LogP contribution in [-0.2, 0) is 22.4 Å². The Morgan fingerprint density at radius 3 is 2.59 bits per heavy atom. The van der Waals surface area contributed by atoms with Gasteiger partial charge in [-0.05, 0) is 24.0 Å². The van der Waals surface area contributed by atoms with E-state index < -0.39 is 0 Å². The van der Waals surface area contributed by atoms with Gasteiger partial charge < -0.3 is 15.0 Å². The van der Waals surface area contributed by atoms with Gasteiger partial charge in [0.25, 0.3) is 0 Å². The lowest BCUT2D eigenvalue weighted by Gasteiger charge is -2.09. The van der Waals surface area contributed by atoms with E-state index in [2.05, 4.69) is 36.5 Å². The summed E-state index contributed by atoms with van der Waals surface area (Å²) in [6.07, 6.45) is 2.52. The van der Waals surface area contributed by atoms with Crippen molar-refractivity contribution >= 4 is 12.0 Å². The van der Waals surface area contributed by atoms with Crippen molar-refractivity contribution < 1.29 is 14.3 Å². The van der Waals surface area contributed by atoms with E-state index in [1.54, 1.807) is 11.9 Å². The lowest BCUT2D eigenvalue weighted by atomic mass is 10.1. The number of amides is 2. The second kappa shape index (κ2) is 7.82. The van der Waals surface area contributed by atoms with Crippen LogP contribution in [0.5, 0.6) is 0 Å². The third-order valence-corrected chi connectivity index (χ3v) is 3.92. The van der Waals surface area contributed by atoms with Gasteiger partial charge in [0.1, 0.15) is 6.10 Å². The quantitative estimate of drug-likeness (QED) is 0.839. The minimum Gasteiger partial charge on any atom is -0.444 e. The van der Waals surface area contributed by atoms with Crippen LogP contribution in [0, 0.1) is 0 Å². The highest BCUT2D eigenvalue weighted by molar-refractivity contribution is 5.76. The first-order valence-electron chi connectivity index (χ1n) is 7.84. The van der Waals surface area contributed by atoms with Crippen molar-refractivity contribution in [1.82, 2.24) is 10.2 Å². The zero-order chi connectivity index (χ0) is 15.9. The van der Waals surface area contributed by atoms with Gasteiger partial charge in [0.2, 0.25) is 5.91 Å². The molecule has 0 radical (unpaired) electrons. The van der Waals surface area contributed by atoms with Gasteiger partial charge in [-0.1, -0.05) is 31.2 Å². The molecule has 0 spiro atoms. The summed E-state index contributed by atoms with van der Waals surface area (Å²) in [5.74, 6) is 0.0391. The van der Waals surface area contributed by atoms with Gasteiger partial charge in [-0.15, -0.1) is 0 Å². The predicted octanol–water partition coefficient (Wildman–Crippen LogP) is 2.14. The number of carbonyl (C=O) groups excluding carboxylic acids is 2. The Labute approximate surface area is 131 Å². The molecule has 1 unspecified atom stereocenters. The summed E-state index contributed by atoms with van der Waals surface area (Å²) >= 11 is 0. The number of hydrogen-bond donors (Lipinski definition) is 1. The molecule has 5 heteroatoms.